The number of likely N-dealkylation sites (N-methyl/N-ethyl adjacent to an activating group) is 1. The van der Waals surface area contributed by atoms with Gasteiger partial charge in [0.1, 0.15) is 12.4 Å². The lowest BCUT2D eigenvalue weighted by Gasteiger charge is -2.40. The van der Waals surface area contributed by atoms with Crippen molar-refractivity contribution < 1.29 is 4.74 Å². The van der Waals surface area contributed by atoms with Crippen LogP contribution in [-0.2, 0) is 0 Å². The molecule has 0 aromatic heterocycles. The summed E-state index contributed by atoms with van der Waals surface area (Å²) in [6.45, 7) is 3.24. The van der Waals surface area contributed by atoms with Crippen LogP contribution in [0.15, 0.2) is 24.3 Å². The number of hydrogen-bond acceptors (Lipinski definition) is 3. The third-order valence-electron chi connectivity index (χ3n) is 4.47. The van der Waals surface area contributed by atoms with Crippen LogP contribution in [0.1, 0.15) is 37.3 Å². The molecule has 2 aliphatic rings. The van der Waals surface area contributed by atoms with Crippen LogP contribution in [0.25, 0.3) is 0 Å². The normalized spacial score (nSPS) is 28.3. The number of nitrogens with zero attached hydrogens (tertiary/aromatic N) is 1. The van der Waals surface area contributed by atoms with Crippen molar-refractivity contribution in [2.24, 2.45) is 0 Å². The van der Waals surface area contributed by atoms with Gasteiger partial charge in [-0.1, -0.05) is 31.0 Å². The lowest BCUT2D eigenvalue weighted by atomic mass is 9.95. The van der Waals surface area contributed by atoms with E-state index in [0.717, 1.165) is 12.4 Å². The number of fused-ring (bicyclic) bond motifs is 1. The highest BCUT2D eigenvalue weighted by molar-refractivity contribution is 5.38. The minimum atomic E-state index is 0.392. The predicted octanol–water partition coefficient (Wildman–Crippen LogP) is 2.58. The summed E-state index contributed by atoms with van der Waals surface area (Å²) in [6.07, 6.45) is 5.42. The predicted molar refractivity (Wildman–Crippen MR) is 77.6 cm³/mol. The minimum Gasteiger partial charge on any atom is -0.492 e. The molecular formula is C16H24N2O. The standard InChI is InChI=1S/C16H24N2O/c1-17-16-13-8-4-5-9-15(13)19-12-14(16)18-10-6-2-3-7-11-18/h4-5,8-9,14,16-17H,2-3,6-7,10-12H2,1H3. The number of likely N-dealkylation sites (tertiary alicyclic amines) is 1. The number of hydrogen-bond donors (Lipinski definition) is 1. The quantitative estimate of drug-likeness (QED) is 0.884. The topological polar surface area (TPSA) is 24.5 Å². The maximum Gasteiger partial charge on any atom is 0.124 e. The van der Waals surface area contributed by atoms with Gasteiger partial charge in [0.2, 0.25) is 0 Å². The van der Waals surface area contributed by atoms with Crippen molar-refractivity contribution in [1.82, 2.24) is 10.2 Å². The molecular weight excluding hydrogens is 236 g/mol. The Hall–Kier alpha value is -1.06. The summed E-state index contributed by atoms with van der Waals surface area (Å²) in [6, 6.07) is 9.30. The summed E-state index contributed by atoms with van der Waals surface area (Å²) in [5, 5.41) is 3.51. The summed E-state index contributed by atoms with van der Waals surface area (Å²) in [5.41, 5.74) is 1.31. The summed E-state index contributed by atoms with van der Waals surface area (Å²) >= 11 is 0. The Morgan fingerprint density at radius 3 is 2.58 bits per heavy atom. The van der Waals surface area contributed by atoms with Gasteiger partial charge in [-0.3, -0.25) is 4.90 Å². The van der Waals surface area contributed by atoms with E-state index in [9.17, 15) is 0 Å². The molecule has 3 rings (SSSR count). The van der Waals surface area contributed by atoms with E-state index < -0.39 is 0 Å². The fourth-order valence-electron chi connectivity index (χ4n) is 3.44. The third-order valence-corrected chi connectivity index (χ3v) is 4.47. The zero-order valence-electron chi connectivity index (χ0n) is 11.8. The van der Waals surface area contributed by atoms with Gasteiger partial charge in [-0.15, -0.1) is 0 Å². The zero-order chi connectivity index (χ0) is 13.1. The SMILES string of the molecule is CNC1c2ccccc2OCC1N1CCCCCC1. The highest BCUT2D eigenvalue weighted by Gasteiger charge is 2.33. The molecule has 1 fully saturated rings. The van der Waals surface area contributed by atoms with Gasteiger partial charge in [0, 0.05) is 5.56 Å². The highest BCUT2D eigenvalue weighted by atomic mass is 16.5. The van der Waals surface area contributed by atoms with E-state index in [1.54, 1.807) is 0 Å². The smallest absolute Gasteiger partial charge is 0.124 e. The Kier molecular flexibility index (Phi) is 4.04. The maximum atomic E-state index is 5.98. The molecule has 2 aliphatic heterocycles. The van der Waals surface area contributed by atoms with E-state index in [4.69, 9.17) is 4.74 Å². The highest BCUT2D eigenvalue weighted by Crippen LogP contribution is 2.34. The average Bonchev–Trinajstić information content (AvgIpc) is 2.75. The van der Waals surface area contributed by atoms with Gasteiger partial charge in [-0.2, -0.15) is 0 Å². The molecule has 1 saturated heterocycles. The first-order chi connectivity index (χ1) is 9.40. The Morgan fingerprint density at radius 1 is 1.11 bits per heavy atom. The Bertz CT molecular complexity index is 413. The number of nitrogens with one attached hydrogen (secondary N) is 1. The molecule has 0 aliphatic carbocycles. The molecule has 0 bridgehead atoms. The molecule has 1 aromatic carbocycles. The van der Waals surface area contributed by atoms with Crippen molar-refractivity contribution in [3.8, 4) is 5.75 Å². The van der Waals surface area contributed by atoms with Crippen LogP contribution in [0.4, 0.5) is 0 Å². The second kappa shape index (κ2) is 5.93. The van der Waals surface area contributed by atoms with E-state index >= 15 is 0 Å². The van der Waals surface area contributed by atoms with Crippen molar-refractivity contribution in [3.63, 3.8) is 0 Å². The Balaban J connectivity index is 1.82. The van der Waals surface area contributed by atoms with Crippen LogP contribution < -0.4 is 10.1 Å². The second-order valence-electron chi connectivity index (χ2n) is 5.63. The van der Waals surface area contributed by atoms with Crippen LogP contribution >= 0.6 is 0 Å². The maximum absolute atomic E-state index is 5.98. The summed E-state index contributed by atoms with van der Waals surface area (Å²) in [5.74, 6) is 1.05. The fraction of sp³-hybridized carbons (Fsp3) is 0.625. The van der Waals surface area contributed by atoms with Crippen molar-refractivity contribution in [2.45, 2.75) is 37.8 Å². The molecule has 1 aromatic rings. The number of ether oxygens (including phenoxy) is 1. The molecule has 0 saturated carbocycles. The lowest BCUT2D eigenvalue weighted by Crippen LogP contribution is -2.49. The second-order valence-corrected chi connectivity index (χ2v) is 5.63. The third kappa shape index (κ3) is 2.63. The van der Waals surface area contributed by atoms with Crippen LogP contribution in [-0.4, -0.2) is 37.7 Å². The van der Waals surface area contributed by atoms with Gasteiger partial charge in [-0.25, -0.2) is 0 Å². The molecule has 19 heavy (non-hydrogen) atoms. The number of para-hydroxylation sites is 1. The molecule has 104 valence electrons. The summed E-state index contributed by atoms with van der Waals surface area (Å²) in [7, 11) is 2.07. The van der Waals surface area contributed by atoms with Crippen LogP contribution in [0.3, 0.4) is 0 Å². The molecule has 2 unspecified atom stereocenters. The number of rotatable bonds is 2. The molecule has 1 N–H and O–H groups in total. The summed E-state index contributed by atoms with van der Waals surface area (Å²) in [4.78, 5) is 2.63. The molecule has 0 amide bonds. The van der Waals surface area contributed by atoms with Crippen LogP contribution in [0.2, 0.25) is 0 Å². The molecule has 3 heteroatoms. The van der Waals surface area contributed by atoms with E-state index in [1.807, 2.05) is 0 Å². The fourth-order valence-corrected chi connectivity index (χ4v) is 3.44. The minimum absolute atomic E-state index is 0.392. The van der Waals surface area contributed by atoms with Crippen LogP contribution in [0, 0.1) is 0 Å². The van der Waals surface area contributed by atoms with Crippen LogP contribution in [0.5, 0.6) is 5.75 Å². The van der Waals surface area contributed by atoms with Crippen molar-refractivity contribution in [1.29, 1.82) is 0 Å². The van der Waals surface area contributed by atoms with Gasteiger partial charge < -0.3 is 10.1 Å². The first-order valence-corrected chi connectivity index (χ1v) is 7.53. The zero-order valence-corrected chi connectivity index (χ0v) is 11.8. The van der Waals surface area contributed by atoms with Gasteiger partial charge in [0.15, 0.2) is 0 Å². The largest absolute Gasteiger partial charge is 0.492 e. The molecule has 0 radical (unpaired) electrons. The van der Waals surface area contributed by atoms with Crippen molar-refractivity contribution >= 4 is 0 Å². The van der Waals surface area contributed by atoms with Gasteiger partial charge in [0.05, 0.1) is 12.1 Å². The Morgan fingerprint density at radius 2 is 1.84 bits per heavy atom. The molecule has 3 nitrogen and oxygen atoms in total. The molecule has 2 heterocycles. The number of benzene rings is 1. The first-order valence-electron chi connectivity index (χ1n) is 7.53. The van der Waals surface area contributed by atoms with Gasteiger partial charge in [0.25, 0.3) is 0 Å². The lowest BCUT2D eigenvalue weighted by molar-refractivity contribution is 0.0908. The first kappa shape index (κ1) is 12.9. The average molecular weight is 260 g/mol. The van der Waals surface area contributed by atoms with Crippen molar-refractivity contribution in [2.75, 3.05) is 26.7 Å². The van der Waals surface area contributed by atoms with E-state index in [1.165, 1.54) is 44.3 Å². The van der Waals surface area contributed by atoms with Gasteiger partial charge >= 0.3 is 0 Å². The monoisotopic (exact) mass is 260 g/mol. The molecule has 2 atom stereocenters. The Labute approximate surface area is 115 Å². The summed E-state index contributed by atoms with van der Waals surface area (Å²) < 4.78 is 5.98. The van der Waals surface area contributed by atoms with Gasteiger partial charge in [-0.05, 0) is 39.0 Å². The van der Waals surface area contributed by atoms with E-state index in [-0.39, 0.29) is 0 Å². The van der Waals surface area contributed by atoms with E-state index in [0.29, 0.717) is 12.1 Å². The van der Waals surface area contributed by atoms with E-state index in [2.05, 4.69) is 41.5 Å². The van der Waals surface area contributed by atoms with Crippen molar-refractivity contribution in [3.05, 3.63) is 29.8 Å². The molecule has 0 spiro atoms.